The molecule has 6 N–H and O–H groups in total. The molecule has 104 valence electrons. The van der Waals surface area contributed by atoms with Gasteiger partial charge >= 0.3 is 5.97 Å². The monoisotopic (exact) mass is 259 g/mol. The summed E-state index contributed by atoms with van der Waals surface area (Å²) < 4.78 is 17.4. The smallest absolute Gasteiger partial charge is 0.317 e. The number of nitrogens with two attached hydrogens (primary N) is 3. The first kappa shape index (κ1) is 12.7. The Balaban J connectivity index is 1.81. The van der Waals surface area contributed by atoms with E-state index in [9.17, 15) is 0 Å². The fraction of sp³-hybridized carbons (Fsp3) is 1.00. The molecule has 0 aromatic carbocycles. The van der Waals surface area contributed by atoms with E-state index in [0.717, 1.165) is 19.3 Å². The lowest BCUT2D eigenvalue weighted by Gasteiger charge is -2.30. The largest absolute Gasteiger partial charge is 0.322 e. The summed E-state index contributed by atoms with van der Waals surface area (Å²) in [6, 6.07) is 0. The summed E-state index contributed by atoms with van der Waals surface area (Å²) in [4.78, 5) is 4.87. The number of hydrogen-bond donors (Lipinski definition) is 3. The third-order valence-corrected chi connectivity index (χ3v) is 4.09. The van der Waals surface area contributed by atoms with Crippen LogP contribution in [-0.2, 0) is 19.0 Å². The molecule has 1 aliphatic carbocycles. The highest BCUT2D eigenvalue weighted by Crippen LogP contribution is 2.45. The van der Waals surface area contributed by atoms with Crippen LogP contribution in [0.4, 0.5) is 0 Å². The van der Waals surface area contributed by atoms with E-state index in [-0.39, 0.29) is 18.8 Å². The second-order valence-electron chi connectivity index (χ2n) is 5.75. The highest BCUT2D eigenvalue weighted by atomic mass is 16.9. The minimum absolute atomic E-state index is 0.000278. The van der Waals surface area contributed by atoms with Crippen LogP contribution in [0.15, 0.2) is 0 Å². The average Bonchev–Trinajstić information content (AvgIpc) is 2.76. The van der Waals surface area contributed by atoms with Gasteiger partial charge in [0, 0.05) is 0 Å². The van der Waals surface area contributed by atoms with E-state index in [0.29, 0.717) is 5.92 Å². The van der Waals surface area contributed by atoms with Crippen molar-refractivity contribution in [2.24, 2.45) is 23.3 Å². The zero-order valence-corrected chi connectivity index (χ0v) is 10.5. The molecule has 2 saturated heterocycles. The van der Waals surface area contributed by atoms with Crippen LogP contribution in [0.5, 0.6) is 0 Å². The number of hydrogen-bond acceptors (Lipinski definition) is 7. The summed E-state index contributed by atoms with van der Waals surface area (Å²) in [5, 5.41) is 0. The highest BCUT2D eigenvalue weighted by Gasteiger charge is 2.65. The summed E-state index contributed by atoms with van der Waals surface area (Å²) in [6.45, 7) is 2.29. The van der Waals surface area contributed by atoms with Crippen molar-refractivity contribution < 1.29 is 19.0 Å². The molecule has 2 aliphatic heterocycles. The van der Waals surface area contributed by atoms with Crippen molar-refractivity contribution in [3.63, 3.8) is 0 Å². The van der Waals surface area contributed by atoms with Crippen LogP contribution in [-0.4, -0.2) is 36.6 Å². The van der Waals surface area contributed by atoms with Crippen LogP contribution >= 0.6 is 0 Å². The first-order valence-corrected chi connectivity index (χ1v) is 6.40. The normalized spacial score (nSPS) is 50.7. The molecule has 5 unspecified atom stereocenters. The van der Waals surface area contributed by atoms with E-state index in [4.69, 9.17) is 36.4 Å². The maximum atomic E-state index is 5.91. The second kappa shape index (κ2) is 4.11. The standard InChI is InChI=1S/C11H21N3O4/c1-6-2-3-7-8(4-6)17-11(16-7)9(18-14)10(12,13)5-15-11/h6-9H,2-5,12-14H2,1H3. The van der Waals surface area contributed by atoms with E-state index < -0.39 is 17.7 Å². The van der Waals surface area contributed by atoms with Gasteiger partial charge in [0.2, 0.25) is 0 Å². The van der Waals surface area contributed by atoms with E-state index in [1.54, 1.807) is 0 Å². The third-order valence-electron chi connectivity index (χ3n) is 4.09. The predicted molar refractivity (Wildman–Crippen MR) is 61.6 cm³/mol. The Hall–Kier alpha value is -0.280. The molecule has 7 heteroatoms. The summed E-state index contributed by atoms with van der Waals surface area (Å²) in [6.07, 6.45) is 2.18. The topological polar surface area (TPSA) is 115 Å². The van der Waals surface area contributed by atoms with Crippen molar-refractivity contribution in [3.8, 4) is 0 Å². The summed E-state index contributed by atoms with van der Waals surface area (Å²) in [5.74, 6) is 4.56. The summed E-state index contributed by atoms with van der Waals surface area (Å²) in [7, 11) is 0. The minimum Gasteiger partial charge on any atom is -0.322 e. The van der Waals surface area contributed by atoms with Crippen LogP contribution in [0.3, 0.4) is 0 Å². The van der Waals surface area contributed by atoms with Gasteiger partial charge in [-0.25, -0.2) is 5.90 Å². The fourth-order valence-electron chi connectivity index (χ4n) is 3.12. The lowest BCUT2D eigenvalue weighted by Crippen LogP contribution is -2.64. The highest BCUT2D eigenvalue weighted by molar-refractivity contribution is 5.02. The van der Waals surface area contributed by atoms with Gasteiger partial charge in [0.25, 0.3) is 0 Å². The molecule has 0 aromatic rings. The van der Waals surface area contributed by atoms with Crippen LogP contribution in [0, 0.1) is 5.92 Å². The van der Waals surface area contributed by atoms with Gasteiger partial charge < -0.3 is 25.7 Å². The molecular formula is C11H21N3O4. The Bertz CT molecular complexity index is 340. The molecule has 0 bridgehead atoms. The number of fused-ring (bicyclic) bond motifs is 1. The van der Waals surface area contributed by atoms with Crippen LogP contribution in [0.25, 0.3) is 0 Å². The van der Waals surface area contributed by atoms with Crippen LogP contribution in [0.1, 0.15) is 26.2 Å². The summed E-state index contributed by atoms with van der Waals surface area (Å²) >= 11 is 0. The molecule has 5 atom stereocenters. The SMILES string of the molecule is CC1CCC2OC3(OCC(N)(N)C3ON)OC2C1. The van der Waals surface area contributed by atoms with Gasteiger partial charge in [0.1, 0.15) is 5.66 Å². The minimum atomic E-state index is -1.34. The Labute approximate surface area is 106 Å². The van der Waals surface area contributed by atoms with Crippen molar-refractivity contribution in [1.29, 1.82) is 0 Å². The van der Waals surface area contributed by atoms with Crippen molar-refractivity contribution in [1.82, 2.24) is 0 Å². The van der Waals surface area contributed by atoms with Crippen LogP contribution < -0.4 is 17.4 Å². The Morgan fingerprint density at radius 1 is 1.17 bits per heavy atom. The molecule has 0 aromatic heterocycles. The van der Waals surface area contributed by atoms with Gasteiger partial charge in [0.05, 0.1) is 18.8 Å². The Kier molecular flexibility index (Phi) is 2.91. The molecule has 7 nitrogen and oxygen atoms in total. The van der Waals surface area contributed by atoms with E-state index >= 15 is 0 Å². The van der Waals surface area contributed by atoms with Gasteiger partial charge in [-0.3, -0.25) is 4.84 Å². The van der Waals surface area contributed by atoms with Crippen molar-refractivity contribution >= 4 is 0 Å². The molecule has 3 rings (SSSR count). The lowest BCUT2D eigenvalue weighted by molar-refractivity contribution is -0.356. The third kappa shape index (κ3) is 1.78. The molecule has 1 saturated carbocycles. The van der Waals surface area contributed by atoms with Crippen molar-refractivity contribution in [2.45, 2.75) is 56.1 Å². The predicted octanol–water partition coefficient (Wildman–Crippen LogP) is -0.853. The zero-order chi connectivity index (χ0) is 13.0. The Morgan fingerprint density at radius 2 is 1.89 bits per heavy atom. The van der Waals surface area contributed by atoms with Crippen LogP contribution in [0.2, 0.25) is 0 Å². The van der Waals surface area contributed by atoms with E-state index in [2.05, 4.69) is 6.92 Å². The number of rotatable bonds is 1. The fourth-order valence-corrected chi connectivity index (χ4v) is 3.12. The quantitative estimate of drug-likeness (QED) is 0.415. The zero-order valence-electron chi connectivity index (χ0n) is 10.5. The Morgan fingerprint density at radius 3 is 2.61 bits per heavy atom. The molecule has 18 heavy (non-hydrogen) atoms. The van der Waals surface area contributed by atoms with Gasteiger partial charge in [-0.15, -0.1) is 0 Å². The maximum Gasteiger partial charge on any atom is 0.317 e. The second-order valence-corrected chi connectivity index (χ2v) is 5.75. The summed E-state index contributed by atoms with van der Waals surface area (Å²) in [5.41, 5.74) is 10.6. The molecule has 0 radical (unpaired) electrons. The lowest BCUT2D eigenvalue weighted by atomic mass is 9.87. The molecule has 1 spiro atoms. The number of ether oxygens (including phenoxy) is 3. The first-order valence-electron chi connectivity index (χ1n) is 6.40. The van der Waals surface area contributed by atoms with E-state index in [1.807, 2.05) is 0 Å². The molecule has 3 fully saturated rings. The molecule has 3 aliphatic rings. The van der Waals surface area contributed by atoms with Gasteiger partial charge in [-0.1, -0.05) is 6.92 Å². The van der Waals surface area contributed by atoms with Gasteiger partial charge in [-0.2, -0.15) is 0 Å². The molecular weight excluding hydrogens is 238 g/mol. The van der Waals surface area contributed by atoms with Gasteiger partial charge in [0.15, 0.2) is 6.10 Å². The molecule has 2 heterocycles. The first-order chi connectivity index (χ1) is 8.47. The average molecular weight is 259 g/mol. The van der Waals surface area contributed by atoms with Crippen molar-refractivity contribution in [2.75, 3.05) is 6.61 Å². The molecule has 0 amide bonds. The van der Waals surface area contributed by atoms with E-state index in [1.165, 1.54) is 0 Å². The van der Waals surface area contributed by atoms with Crippen molar-refractivity contribution in [3.05, 3.63) is 0 Å². The maximum absolute atomic E-state index is 5.91. The van der Waals surface area contributed by atoms with Gasteiger partial charge in [-0.05, 0) is 25.2 Å².